The van der Waals surface area contributed by atoms with Crippen LogP contribution in [-0.2, 0) is 4.79 Å². The molecule has 0 spiro atoms. The smallest absolute Gasteiger partial charge is 0.243 e. The van der Waals surface area contributed by atoms with Crippen molar-refractivity contribution >= 4 is 28.2 Å². The van der Waals surface area contributed by atoms with Crippen LogP contribution in [0.2, 0.25) is 0 Å². The Morgan fingerprint density at radius 3 is 2.68 bits per heavy atom. The summed E-state index contributed by atoms with van der Waals surface area (Å²) in [4.78, 5) is 16.6. The molecule has 6 heteroatoms. The van der Waals surface area contributed by atoms with E-state index in [0.717, 1.165) is 16.6 Å². The number of benzene rings is 2. The third-order valence-electron chi connectivity index (χ3n) is 3.75. The van der Waals surface area contributed by atoms with Crippen LogP contribution in [0.4, 0.5) is 11.4 Å². The van der Waals surface area contributed by atoms with E-state index < -0.39 is 0 Å². The highest BCUT2D eigenvalue weighted by molar-refractivity contribution is 6.01. The number of nitrogens with zero attached hydrogens (tertiary/aromatic N) is 1. The lowest BCUT2D eigenvalue weighted by Gasteiger charge is -2.13. The number of anilines is 2. The Bertz CT molecular complexity index is 891. The molecule has 1 aromatic heterocycles. The molecule has 2 aromatic carbocycles. The van der Waals surface area contributed by atoms with Crippen molar-refractivity contribution in [1.82, 2.24) is 4.98 Å². The Hall–Kier alpha value is -3.28. The Kier molecular flexibility index (Phi) is 4.99. The van der Waals surface area contributed by atoms with Gasteiger partial charge in [-0.25, -0.2) is 0 Å². The van der Waals surface area contributed by atoms with Crippen molar-refractivity contribution in [3.05, 3.63) is 54.7 Å². The van der Waals surface area contributed by atoms with E-state index in [-0.39, 0.29) is 12.5 Å². The summed E-state index contributed by atoms with van der Waals surface area (Å²) < 4.78 is 10.5. The predicted octanol–water partition coefficient (Wildman–Crippen LogP) is 3.30. The number of fused-ring (bicyclic) bond motifs is 1. The van der Waals surface area contributed by atoms with E-state index in [4.69, 9.17) is 9.47 Å². The number of hydrogen-bond acceptors (Lipinski definition) is 5. The number of carbonyl (C=O) groups excluding carboxylic acids is 1. The Morgan fingerprint density at radius 2 is 1.88 bits per heavy atom. The Labute approximate surface area is 145 Å². The monoisotopic (exact) mass is 337 g/mol. The first-order valence-electron chi connectivity index (χ1n) is 7.81. The number of rotatable bonds is 6. The summed E-state index contributed by atoms with van der Waals surface area (Å²) in [7, 11) is 3.16. The normalized spacial score (nSPS) is 10.3. The average molecular weight is 337 g/mol. The summed E-state index contributed by atoms with van der Waals surface area (Å²) in [5.41, 5.74) is 2.17. The van der Waals surface area contributed by atoms with Crippen LogP contribution in [0.25, 0.3) is 10.9 Å². The van der Waals surface area contributed by atoms with Crippen LogP contribution in [0.5, 0.6) is 11.5 Å². The SMILES string of the molecule is COc1ccc(NCC(=O)Nc2cccc3cccnc23)c(OC)c1. The van der Waals surface area contributed by atoms with Gasteiger partial charge in [0, 0.05) is 17.6 Å². The molecule has 0 aliphatic rings. The predicted molar refractivity (Wildman–Crippen MR) is 98.4 cm³/mol. The van der Waals surface area contributed by atoms with Gasteiger partial charge in [-0.05, 0) is 24.3 Å². The topological polar surface area (TPSA) is 72.5 Å². The number of carbonyl (C=O) groups is 1. The van der Waals surface area contributed by atoms with E-state index in [9.17, 15) is 4.79 Å². The van der Waals surface area contributed by atoms with Crippen LogP contribution in [-0.4, -0.2) is 31.7 Å². The second-order valence-electron chi connectivity index (χ2n) is 5.35. The molecule has 0 bridgehead atoms. The van der Waals surface area contributed by atoms with E-state index in [1.54, 1.807) is 32.5 Å². The molecule has 6 nitrogen and oxygen atoms in total. The molecular formula is C19H19N3O3. The first kappa shape index (κ1) is 16.6. The second kappa shape index (κ2) is 7.53. The minimum Gasteiger partial charge on any atom is -0.497 e. The summed E-state index contributed by atoms with van der Waals surface area (Å²) in [6.07, 6.45) is 1.71. The van der Waals surface area contributed by atoms with Gasteiger partial charge in [0.15, 0.2) is 0 Å². The second-order valence-corrected chi connectivity index (χ2v) is 5.35. The van der Waals surface area contributed by atoms with Crippen LogP contribution >= 0.6 is 0 Å². The molecular weight excluding hydrogens is 318 g/mol. The number of para-hydroxylation sites is 1. The molecule has 0 aliphatic carbocycles. The molecule has 1 amide bonds. The highest BCUT2D eigenvalue weighted by Crippen LogP contribution is 2.29. The molecule has 3 aromatic rings. The number of methoxy groups -OCH3 is 2. The standard InChI is InChI=1S/C19H19N3O3/c1-24-14-8-9-15(17(11-14)25-2)21-12-18(23)22-16-7-3-5-13-6-4-10-20-19(13)16/h3-11,21H,12H2,1-2H3,(H,22,23). The van der Waals surface area contributed by atoms with E-state index >= 15 is 0 Å². The first-order chi connectivity index (χ1) is 12.2. The zero-order valence-corrected chi connectivity index (χ0v) is 14.1. The molecule has 0 atom stereocenters. The molecule has 2 N–H and O–H groups in total. The van der Waals surface area contributed by atoms with Crippen molar-refractivity contribution < 1.29 is 14.3 Å². The third-order valence-corrected chi connectivity index (χ3v) is 3.75. The molecule has 0 aliphatic heterocycles. The summed E-state index contributed by atoms with van der Waals surface area (Å²) in [6.45, 7) is 0.103. The summed E-state index contributed by atoms with van der Waals surface area (Å²) in [5, 5.41) is 6.93. The number of ether oxygens (including phenoxy) is 2. The largest absolute Gasteiger partial charge is 0.497 e. The minimum atomic E-state index is -0.170. The fourth-order valence-corrected chi connectivity index (χ4v) is 2.52. The lowest BCUT2D eigenvalue weighted by Crippen LogP contribution is -2.22. The molecule has 0 saturated heterocycles. The average Bonchev–Trinajstić information content (AvgIpc) is 2.66. The van der Waals surface area contributed by atoms with E-state index in [0.29, 0.717) is 17.2 Å². The summed E-state index contributed by atoms with van der Waals surface area (Å²) in [6, 6.07) is 14.9. The van der Waals surface area contributed by atoms with Crippen molar-refractivity contribution in [3.63, 3.8) is 0 Å². The van der Waals surface area contributed by atoms with Crippen molar-refractivity contribution in [2.24, 2.45) is 0 Å². The number of nitrogens with one attached hydrogen (secondary N) is 2. The fraction of sp³-hybridized carbons (Fsp3) is 0.158. The number of hydrogen-bond donors (Lipinski definition) is 2. The lowest BCUT2D eigenvalue weighted by molar-refractivity contribution is -0.114. The highest BCUT2D eigenvalue weighted by Gasteiger charge is 2.09. The van der Waals surface area contributed by atoms with Gasteiger partial charge in [-0.3, -0.25) is 9.78 Å². The molecule has 25 heavy (non-hydrogen) atoms. The summed E-state index contributed by atoms with van der Waals surface area (Å²) in [5.74, 6) is 1.13. The van der Waals surface area contributed by atoms with Crippen LogP contribution in [0.15, 0.2) is 54.7 Å². The maximum atomic E-state index is 12.3. The first-order valence-corrected chi connectivity index (χ1v) is 7.81. The number of aromatic nitrogens is 1. The quantitative estimate of drug-likeness (QED) is 0.722. The van der Waals surface area contributed by atoms with Gasteiger partial charge < -0.3 is 20.1 Å². The van der Waals surface area contributed by atoms with Crippen molar-refractivity contribution in [3.8, 4) is 11.5 Å². The zero-order chi connectivity index (χ0) is 17.6. The van der Waals surface area contributed by atoms with Gasteiger partial charge in [-0.1, -0.05) is 18.2 Å². The van der Waals surface area contributed by atoms with Crippen LogP contribution in [0, 0.1) is 0 Å². The fourth-order valence-electron chi connectivity index (χ4n) is 2.52. The molecule has 1 heterocycles. The van der Waals surface area contributed by atoms with Gasteiger partial charge in [-0.15, -0.1) is 0 Å². The van der Waals surface area contributed by atoms with Crippen molar-refractivity contribution in [1.29, 1.82) is 0 Å². The van der Waals surface area contributed by atoms with Gasteiger partial charge >= 0.3 is 0 Å². The Morgan fingerprint density at radius 1 is 1.04 bits per heavy atom. The van der Waals surface area contributed by atoms with Gasteiger partial charge in [0.2, 0.25) is 5.91 Å². The van der Waals surface area contributed by atoms with Crippen LogP contribution in [0.1, 0.15) is 0 Å². The molecule has 0 fully saturated rings. The third kappa shape index (κ3) is 3.80. The van der Waals surface area contributed by atoms with E-state index in [1.165, 1.54) is 0 Å². The van der Waals surface area contributed by atoms with Crippen molar-refractivity contribution in [2.45, 2.75) is 0 Å². The lowest BCUT2D eigenvalue weighted by atomic mass is 10.2. The highest BCUT2D eigenvalue weighted by atomic mass is 16.5. The number of pyridine rings is 1. The van der Waals surface area contributed by atoms with Gasteiger partial charge in [0.05, 0.1) is 37.7 Å². The molecule has 3 rings (SSSR count). The maximum Gasteiger partial charge on any atom is 0.243 e. The van der Waals surface area contributed by atoms with Crippen LogP contribution in [0.3, 0.4) is 0 Å². The summed E-state index contributed by atoms with van der Waals surface area (Å²) >= 11 is 0. The van der Waals surface area contributed by atoms with Crippen molar-refractivity contribution in [2.75, 3.05) is 31.4 Å². The minimum absolute atomic E-state index is 0.103. The van der Waals surface area contributed by atoms with E-state index in [2.05, 4.69) is 15.6 Å². The molecule has 128 valence electrons. The Balaban J connectivity index is 1.69. The molecule has 0 unspecified atom stereocenters. The van der Waals surface area contributed by atoms with Gasteiger partial charge in [-0.2, -0.15) is 0 Å². The van der Waals surface area contributed by atoms with Crippen LogP contribution < -0.4 is 20.1 Å². The molecule has 0 saturated carbocycles. The molecule has 0 radical (unpaired) electrons. The van der Waals surface area contributed by atoms with Gasteiger partial charge in [0.25, 0.3) is 0 Å². The number of amides is 1. The zero-order valence-electron chi connectivity index (χ0n) is 14.1. The van der Waals surface area contributed by atoms with E-state index in [1.807, 2.05) is 36.4 Å². The maximum absolute atomic E-state index is 12.3. The van der Waals surface area contributed by atoms with Gasteiger partial charge in [0.1, 0.15) is 11.5 Å².